The quantitative estimate of drug-likeness (QED) is 0.439. The summed E-state index contributed by atoms with van der Waals surface area (Å²) in [7, 11) is 2.14. The number of para-hydroxylation sites is 1. The maximum absolute atomic E-state index is 14.1. The molecule has 2 aromatic heterocycles. The Morgan fingerprint density at radius 1 is 1.03 bits per heavy atom. The molecule has 5 rings (SSSR count). The monoisotopic (exact) mass is 425 g/mol. The fraction of sp³-hybridized carbons (Fsp3) is 0.259. The molecule has 0 aliphatic carbocycles. The SMILES string of the molecule is CN1CCC(N(Cc2ccco2)C(=O)c2cc(-c3ccccc3)nc3ccccc23)CC1. The fourth-order valence-corrected chi connectivity index (χ4v) is 4.51. The molecular formula is C27H27N3O2. The molecule has 4 aromatic rings. The van der Waals surface area contributed by atoms with Gasteiger partial charge in [-0.1, -0.05) is 48.5 Å². The van der Waals surface area contributed by atoms with Gasteiger partial charge in [0.25, 0.3) is 5.91 Å². The molecule has 0 spiro atoms. The number of furan rings is 1. The van der Waals surface area contributed by atoms with E-state index in [1.807, 2.05) is 77.7 Å². The zero-order valence-electron chi connectivity index (χ0n) is 18.3. The van der Waals surface area contributed by atoms with Crippen LogP contribution in [0.25, 0.3) is 22.2 Å². The van der Waals surface area contributed by atoms with E-state index in [1.165, 1.54) is 0 Å². The summed E-state index contributed by atoms with van der Waals surface area (Å²) in [6.07, 6.45) is 3.58. The van der Waals surface area contributed by atoms with Gasteiger partial charge in [-0.15, -0.1) is 0 Å². The lowest BCUT2D eigenvalue weighted by Crippen LogP contribution is -2.46. The summed E-state index contributed by atoms with van der Waals surface area (Å²) in [4.78, 5) is 23.3. The molecule has 5 nitrogen and oxygen atoms in total. The Morgan fingerprint density at radius 2 is 1.78 bits per heavy atom. The van der Waals surface area contributed by atoms with Crippen LogP contribution < -0.4 is 0 Å². The lowest BCUT2D eigenvalue weighted by atomic mass is 9.99. The van der Waals surface area contributed by atoms with Crippen LogP contribution in [0.2, 0.25) is 0 Å². The largest absolute Gasteiger partial charge is 0.467 e. The molecule has 0 unspecified atom stereocenters. The van der Waals surface area contributed by atoms with E-state index < -0.39 is 0 Å². The predicted molar refractivity (Wildman–Crippen MR) is 126 cm³/mol. The fourth-order valence-electron chi connectivity index (χ4n) is 4.51. The van der Waals surface area contributed by atoms with Crippen molar-refractivity contribution < 1.29 is 9.21 Å². The number of benzene rings is 2. The first-order valence-corrected chi connectivity index (χ1v) is 11.2. The average molecular weight is 426 g/mol. The number of pyridine rings is 1. The summed E-state index contributed by atoms with van der Waals surface area (Å²) in [5.41, 5.74) is 3.34. The Bertz CT molecular complexity index is 1200. The zero-order chi connectivity index (χ0) is 21.9. The van der Waals surface area contributed by atoms with Gasteiger partial charge in [-0.3, -0.25) is 4.79 Å². The maximum atomic E-state index is 14.1. The molecule has 5 heteroatoms. The molecule has 2 aromatic carbocycles. The molecule has 0 atom stereocenters. The van der Waals surface area contributed by atoms with Crippen LogP contribution in [0.1, 0.15) is 29.0 Å². The van der Waals surface area contributed by atoms with Crippen molar-refractivity contribution in [3.8, 4) is 11.3 Å². The van der Waals surface area contributed by atoms with E-state index in [0.29, 0.717) is 12.1 Å². The van der Waals surface area contributed by atoms with Gasteiger partial charge in [-0.2, -0.15) is 0 Å². The number of piperidine rings is 1. The Labute approximate surface area is 188 Å². The van der Waals surface area contributed by atoms with Crippen molar-refractivity contribution in [2.75, 3.05) is 20.1 Å². The van der Waals surface area contributed by atoms with Gasteiger partial charge in [-0.05, 0) is 57.2 Å². The van der Waals surface area contributed by atoms with Crippen molar-refractivity contribution in [3.63, 3.8) is 0 Å². The third-order valence-electron chi connectivity index (χ3n) is 6.31. The lowest BCUT2D eigenvalue weighted by molar-refractivity contribution is 0.0552. The summed E-state index contributed by atoms with van der Waals surface area (Å²) in [6.45, 7) is 2.44. The molecule has 1 fully saturated rings. The molecule has 1 amide bonds. The van der Waals surface area contributed by atoms with Gasteiger partial charge < -0.3 is 14.2 Å². The van der Waals surface area contributed by atoms with E-state index in [2.05, 4.69) is 11.9 Å². The van der Waals surface area contributed by atoms with Crippen LogP contribution in [0.4, 0.5) is 0 Å². The van der Waals surface area contributed by atoms with Crippen LogP contribution in [-0.2, 0) is 6.54 Å². The minimum absolute atomic E-state index is 0.0340. The van der Waals surface area contributed by atoms with Crippen LogP contribution in [-0.4, -0.2) is 46.9 Å². The highest BCUT2D eigenvalue weighted by atomic mass is 16.3. The highest BCUT2D eigenvalue weighted by molar-refractivity contribution is 6.07. The highest BCUT2D eigenvalue weighted by Gasteiger charge is 2.29. The van der Waals surface area contributed by atoms with Gasteiger partial charge in [0.2, 0.25) is 0 Å². The molecular weight excluding hydrogens is 398 g/mol. The second kappa shape index (κ2) is 8.97. The number of carbonyl (C=O) groups is 1. The number of hydrogen-bond acceptors (Lipinski definition) is 4. The third kappa shape index (κ3) is 4.16. The first-order valence-electron chi connectivity index (χ1n) is 11.2. The summed E-state index contributed by atoms with van der Waals surface area (Å²) in [6, 6.07) is 23.9. The third-order valence-corrected chi connectivity index (χ3v) is 6.31. The standard InChI is InChI=1S/C27H27N3O2/c1-29-15-13-21(14-16-29)30(19-22-10-7-17-32-22)27(31)24-18-26(20-8-3-2-4-9-20)28-25-12-6-5-11-23(24)25/h2-12,17-18,21H,13-16,19H2,1H3. The topological polar surface area (TPSA) is 49.6 Å². The van der Waals surface area contributed by atoms with Gasteiger partial charge in [0, 0.05) is 17.0 Å². The molecule has 32 heavy (non-hydrogen) atoms. The molecule has 0 bridgehead atoms. The number of amides is 1. The second-order valence-electron chi connectivity index (χ2n) is 8.49. The van der Waals surface area contributed by atoms with Crippen molar-refractivity contribution in [1.29, 1.82) is 0 Å². The number of nitrogens with zero attached hydrogens (tertiary/aromatic N) is 3. The molecule has 0 N–H and O–H groups in total. The molecule has 162 valence electrons. The van der Waals surface area contributed by atoms with E-state index in [9.17, 15) is 4.79 Å². The van der Waals surface area contributed by atoms with Crippen LogP contribution in [0.3, 0.4) is 0 Å². The summed E-state index contributed by atoms with van der Waals surface area (Å²) < 4.78 is 5.63. The van der Waals surface area contributed by atoms with Gasteiger partial charge in [0.1, 0.15) is 5.76 Å². The summed E-state index contributed by atoms with van der Waals surface area (Å²) >= 11 is 0. The Hall–Kier alpha value is -3.44. The van der Waals surface area contributed by atoms with Gasteiger partial charge >= 0.3 is 0 Å². The Morgan fingerprint density at radius 3 is 2.53 bits per heavy atom. The van der Waals surface area contributed by atoms with E-state index >= 15 is 0 Å². The number of rotatable bonds is 5. The molecule has 0 radical (unpaired) electrons. The van der Waals surface area contributed by atoms with Crippen molar-refractivity contribution in [2.45, 2.75) is 25.4 Å². The van der Waals surface area contributed by atoms with Gasteiger partial charge in [0.05, 0.1) is 29.6 Å². The molecule has 3 heterocycles. The number of carbonyl (C=O) groups excluding carboxylic acids is 1. The van der Waals surface area contributed by atoms with Gasteiger partial charge in [-0.25, -0.2) is 4.98 Å². The van der Waals surface area contributed by atoms with E-state index in [-0.39, 0.29) is 11.9 Å². The van der Waals surface area contributed by atoms with Gasteiger partial charge in [0.15, 0.2) is 0 Å². The molecule has 1 saturated heterocycles. The summed E-state index contributed by atoms with van der Waals surface area (Å²) in [5, 5.41) is 0.884. The first-order chi connectivity index (χ1) is 15.7. The number of aromatic nitrogens is 1. The average Bonchev–Trinajstić information content (AvgIpc) is 3.36. The molecule has 0 saturated carbocycles. The van der Waals surface area contributed by atoms with E-state index in [0.717, 1.165) is 53.9 Å². The Balaban J connectivity index is 1.58. The Kier molecular flexibility index (Phi) is 5.73. The zero-order valence-corrected chi connectivity index (χ0v) is 18.3. The lowest BCUT2D eigenvalue weighted by Gasteiger charge is -2.37. The smallest absolute Gasteiger partial charge is 0.255 e. The minimum atomic E-state index is 0.0340. The number of fused-ring (bicyclic) bond motifs is 1. The number of likely N-dealkylation sites (tertiary alicyclic amines) is 1. The van der Waals surface area contributed by atoms with Crippen molar-refractivity contribution in [3.05, 3.63) is 90.4 Å². The van der Waals surface area contributed by atoms with Crippen molar-refractivity contribution >= 4 is 16.8 Å². The van der Waals surface area contributed by atoms with Crippen LogP contribution in [0, 0.1) is 0 Å². The van der Waals surface area contributed by atoms with Crippen LogP contribution in [0.5, 0.6) is 0 Å². The second-order valence-corrected chi connectivity index (χ2v) is 8.49. The highest BCUT2D eigenvalue weighted by Crippen LogP contribution is 2.28. The maximum Gasteiger partial charge on any atom is 0.255 e. The predicted octanol–water partition coefficient (Wildman–Crippen LogP) is 5.23. The van der Waals surface area contributed by atoms with Crippen LogP contribution >= 0.6 is 0 Å². The first kappa shape index (κ1) is 20.5. The van der Waals surface area contributed by atoms with Crippen molar-refractivity contribution in [1.82, 2.24) is 14.8 Å². The van der Waals surface area contributed by atoms with E-state index in [4.69, 9.17) is 9.40 Å². The number of hydrogen-bond donors (Lipinski definition) is 0. The molecule has 1 aliphatic rings. The normalized spacial score (nSPS) is 15.2. The molecule has 1 aliphatic heterocycles. The minimum Gasteiger partial charge on any atom is -0.467 e. The van der Waals surface area contributed by atoms with Crippen molar-refractivity contribution in [2.24, 2.45) is 0 Å². The van der Waals surface area contributed by atoms with E-state index in [1.54, 1.807) is 6.26 Å². The summed E-state index contributed by atoms with van der Waals surface area (Å²) in [5.74, 6) is 0.839. The van der Waals surface area contributed by atoms with Crippen LogP contribution in [0.15, 0.2) is 83.5 Å².